The second-order valence-electron chi connectivity index (χ2n) is 2.23. The predicted octanol–water partition coefficient (Wildman–Crippen LogP) is 2.16. The SMILES string of the molecule is CC1=C(C)[C]([Zr])=CC1. The summed E-state index contributed by atoms with van der Waals surface area (Å²) in [6, 6.07) is 0. The Morgan fingerprint density at radius 3 is 2.25 bits per heavy atom. The minimum absolute atomic E-state index is 1.20. The molecule has 0 fully saturated rings. The molecule has 1 rings (SSSR count). The van der Waals surface area contributed by atoms with Crippen molar-refractivity contribution in [2.75, 3.05) is 0 Å². The van der Waals surface area contributed by atoms with Gasteiger partial charge in [0.25, 0.3) is 0 Å². The van der Waals surface area contributed by atoms with Crippen molar-refractivity contribution in [1.29, 1.82) is 0 Å². The maximum atomic E-state index is 2.32. The molecule has 0 saturated heterocycles. The Morgan fingerprint density at radius 2 is 2.12 bits per heavy atom. The zero-order chi connectivity index (χ0) is 6.15. The van der Waals surface area contributed by atoms with Gasteiger partial charge in [-0.05, 0) is 0 Å². The second kappa shape index (κ2) is 2.31. The summed E-state index contributed by atoms with van der Waals surface area (Å²) in [5.41, 5.74) is 3.08. The molecule has 0 aliphatic heterocycles. The van der Waals surface area contributed by atoms with E-state index < -0.39 is 0 Å². The number of hydrogen-bond donors (Lipinski definition) is 0. The van der Waals surface area contributed by atoms with Crippen LogP contribution >= 0.6 is 0 Å². The molecule has 0 bridgehead atoms. The Bertz CT molecular complexity index is 158. The Balaban J connectivity index is 2.88. The van der Waals surface area contributed by atoms with Crippen LogP contribution in [0.25, 0.3) is 0 Å². The van der Waals surface area contributed by atoms with Gasteiger partial charge in [0.1, 0.15) is 0 Å². The zero-order valence-corrected chi connectivity index (χ0v) is 7.74. The molecule has 0 aromatic rings. The van der Waals surface area contributed by atoms with Crippen molar-refractivity contribution in [3.8, 4) is 0 Å². The van der Waals surface area contributed by atoms with Crippen LogP contribution in [0.15, 0.2) is 20.5 Å². The quantitative estimate of drug-likeness (QED) is 0.541. The third-order valence-electron chi connectivity index (χ3n) is 1.66. The Kier molecular flexibility index (Phi) is 1.87. The Hall–Kier alpha value is 0.363. The minimum atomic E-state index is 1.20. The van der Waals surface area contributed by atoms with Gasteiger partial charge in [0.15, 0.2) is 0 Å². The average molecular weight is 184 g/mol. The van der Waals surface area contributed by atoms with Gasteiger partial charge >= 0.3 is 65.5 Å². The zero-order valence-electron chi connectivity index (χ0n) is 5.28. The molecular weight excluding hydrogens is 175 g/mol. The number of hydrogen-bond acceptors (Lipinski definition) is 0. The molecule has 0 unspecified atom stereocenters. The van der Waals surface area contributed by atoms with Crippen LogP contribution in [0, 0.1) is 0 Å². The van der Waals surface area contributed by atoms with E-state index in [2.05, 4.69) is 19.9 Å². The summed E-state index contributed by atoms with van der Waals surface area (Å²) in [4.78, 5) is 0. The molecule has 0 atom stereocenters. The van der Waals surface area contributed by atoms with Crippen LogP contribution < -0.4 is 0 Å². The van der Waals surface area contributed by atoms with Gasteiger partial charge in [-0.15, -0.1) is 0 Å². The van der Waals surface area contributed by atoms with Gasteiger partial charge in [0, 0.05) is 0 Å². The van der Waals surface area contributed by atoms with Crippen molar-refractivity contribution >= 4 is 0 Å². The Labute approximate surface area is 65.5 Å². The molecule has 0 aromatic heterocycles. The molecule has 0 saturated carbocycles. The summed E-state index contributed by atoms with van der Waals surface area (Å²) < 4.78 is 1.55. The first-order chi connectivity index (χ1) is 3.72. The fourth-order valence-corrected chi connectivity index (χ4v) is 1.57. The summed E-state index contributed by atoms with van der Waals surface area (Å²) in [7, 11) is 0. The first kappa shape index (κ1) is 6.48. The van der Waals surface area contributed by atoms with Crippen LogP contribution in [-0.4, -0.2) is 0 Å². The number of allylic oxidation sites excluding steroid dienone is 4. The molecule has 0 radical (unpaired) electrons. The molecule has 0 N–H and O–H groups in total. The van der Waals surface area contributed by atoms with Crippen LogP contribution in [0.1, 0.15) is 20.3 Å². The standard InChI is InChI=1S/C7H9.Zr/c1-6-4-3-5-7(6)2;/h3H,4H2,1-2H3;. The third-order valence-corrected chi connectivity index (χ3v) is 3.08. The van der Waals surface area contributed by atoms with Gasteiger partial charge < -0.3 is 0 Å². The van der Waals surface area contributed by atoms with E-state index in [1.54, 1.807) is 33.6 Å². The molecule has 0 nitrogen and oxygen atoms in total. The van der Waals surface area contributed by atoms with Crippen molar-refractivity contribution in [2.24, 2.45) is 0 Å². The second-order valence-corrected chi connectivity index (χ2v) is 3.55. The van der Waals surface area contributed by atoms with Gasteiger partial charge in [0.2, 0.25) is 0 Å². The maximum absolute atomic E-state index is 2.32. The molecule has 1 aliphatic rings. The van der Waals surface area contributed by atoms with E-state index in [-0.39, 0.29) is 0 Å². The predicted molar refractivity (Wildman–Crippen MR) is 31.1 cm³/mol. The van der Waals surface area contributed by atoms with Crippen LogP contribution in [-0.2, 0) is 24.7 Å². The average Bonchev–Trinajstić information content (AvgIpc) is 1.98. The van der Waals surface area contributed by atoms with Crippen LogP contribution in [0.3, 0.4) is 0 Å². The van der Waals surface area contributed by atoms with E-state index >= 15 is 0 Å². The first-order valence-electron chi connectivity index (χ1n) is 2.80. The summed E-state index contributed by atoms with van der Waals surface area (Å²) in [5.74, 6) is 0. The molecule has 0 aromatic carbocycles. The van der Waals surface area contributed by atoms with Crippen LogP contribution in [0.5, 0.6) is 0 Å². The van der Waals surface area contributed by atoms with E-state index in [1.165, 1.54) is 12.0 Å². The van der Waals surface area contributed by atoms with Gasteiger partial charge in [-0.3, -0.25) is 0 Å². The summed E-state index contributed by atoms with van der Waals surface area (Å²) in [6.07, 6.45) is 3.52. The van der Waals surface area contributed by atoms with Crippen LogP contribution in [0.2, 0.25) is 0 Å². The number of rotatable bonds is 0. The van der Waals surface area contributed by atoms with E-state index in [4.69, 9.17) is 0 Å². The van der Waals surface area contributed by atoms with Crippen molar-refractivity contribution in [2.45, 2.75) is 20.3 Å². The van der Waals surface area contributed by atoms with Gasteiger partial charge in [0.05, 0.1) is 0 Å². The monoisotopic (exact) mass is 183 g/mol. The summed E-state index contributed by atoms with van der Waals surface area (Å²) in [5, 5.41) is 0. The molecule has 41 valence electrons. The van der Waals surface area contributed by atoms with E-state index in [0.29, 0.717) is 0 Å². The van der Waals surface area contributed by atoms with Crippen molar-refractivity contribution in [3.63, 3.8) is 0 Å². The molecule has 1 aliphatic carbocycles. The molecule has 8 heavy (non-hydrogen) atoms. The molecular formula is C7H9Zr. The normalized spacial score (nSPS) is 19.4. The van der Waals surface area contributed by atoms with Crippen molar-refractivity contribution in [3.05, 3.63) is 20.5 Å². The topological polar surface area (TPSA) is 0 Å². The van der Waals surface area contributed by atoms with E-state index in [0.717, 1.165) is 0 Å². The first-order valence-corrected chi connectivity index (χ1v) is 4.03. The summed E-state index contributed by atoms with van der Waals surface area (Å²) in [6.45, 7) is 4.42. The Morgan fingerprint density at radius 1 is 1.50 bits per heavy atom. The fourth-order valence-electron chi connectivity index (χ4n) is 0.791. The summed E-state index contributed by atoms with van der Waals surface area (Å²) >= 11 is 1.56. The molecule has 0 heterocycles. The molecule has 0 spiro atoms. The van der Waals surface area contributed by atoms with Gasteiger partial charge in [-0.25, -0.2) is 0 Å². The fraction of sp³-hybridized carbons (Fsp3) is 0.429. The van der Waals surface area contributed by atoms with Crippen molar-refractivity contribution < 1.29 is 24.7 Å². The van der Waals surface area contributed by atoms with E-state index in [9.17, 15) is 0 Å². The van der Waals surface area contributed by atoms with Gasteiger partial charge in [-0.1, -0.05) is 0 Å². The van der Waals surface area contributed by atoms with Gasteiger partial charge in [-0.2, -0.15) is 0 Å². The van der Waals surface area contributed by atoms with E-state index in [1.807, 2.05) is 0 Å². The molecule has 1 heteroatoms. The van der Waals surface area contributed by atoms with Crippen LogP contribution in [0.4, 0.5) is 0 Å². The van der Waals surface area contributed by atoms with Crippen molar-refractivity contribution in [1.82, 2.24) is 0 Å². The third kappa shape index (κ3) is 1.02. The molecule has 0 amide bonds.